The molecule has 0 radical (unpaired) electrons. The summed E-state index contributed by atoms with van der Waals surface area (Å²) in [5.41, 5.74) is 0.242. The fourth-order valence-corrected chi connectivity index (χ4v) is 2.91. The summed E-state index contributed by atoms with van der Waals surface area (Å²) in [6.07, 6.45) is -1.19. The molecule has 2 aromatic rings. The molecule has 0 aliphatic carbocycles. The molecular weight excluding hydrogens is 394 g/mol. The fourth-order valence-electron chi connectivity index (χ4n) is 1.94. The van der Waals surface area contributed by atoms with E-state index in [2.05, 4.69) is 0 Å². The van der Waals surface area contributed by atoms with Gasteiger partial charge in [0.15, 0.2) is 17.7 Å². The summed E-state index contributed by atoms with van der Waals surface area (Å²) in [4.78, 5) is 24.4. The lowest BCUT2D eigenvalue weighted by molar-refractivity contribution is -0.124. The van der Waals surface area contributed by atoms with Gasteiger partial charge in [0.05, 0.1) is 16.5 Å². The molecule has 0 aliphatic heterocycles. The summed E-state index contributed by atoms with van der Waals surface area (Å²) in [7, 11) is 0. The van der Waals surface area contributed by atoms with Gasteiger partial charge in [0.2, 0.25) is 0 Å². The van der Waals surface area contributed by atoms with Gasteiger partial charge in [-0.15, -0.1) is 0 Å². The van der Waals surface area contributed by atoms with E-state index in [0.717, 1.165) is 0 Å². The Kier molecular flexibility index (Phi) is 6.53. The first kappa shape index (κ1) is 19.1. The molecule has 0 heterocycles. The fraction of sp³-hybridized carbons (Fsp3) is 0.176. The maximum Gasteiger partial charge on any atom is 0.180 e. The first-order chi connectivity index (χ1) is 11.3. The maximum atomic E-state index is 12.2. The maximum absolute atomic E-state index is 12.2. The van der Waals surface area contributed by atoms with Crippen LogP contribution in [0.1, 0.15) is 23.7 Å². The molecule has 2 aromatic carbocycles. The molecule has 0 N–H and O–H groups in total. The Labute approximate surface area is 159 Å². The van der Waals surface area contributed by atoms with Crippen LogP contribution >= 0.6 is 46.4 Å². The average Bonchev–Trinajstić information content (AvgIpc) is 2.49. The summed E-state index contributed by atoms with van der Waals surface area (Å²) in [6.45, 7) is 1.55. The number of hydrogen-bond donors (Lipinski definition) is 0. The molecule has 126 valence electrons. The molecule has 0 saturated carbocycles. The minimum Gasteiger partial charge on any atom is -0.481 e. The number of halogens is 4. The lowest BCUT2D eigenvalue weighted by atomic mass is 10.0. The summed E-state index contributed by atoms with van der Waals surface area (Å²) in [5, 5.41) is 1.36. The zero-order valence-electron chi connectivity index (χ0n) is 12.5. The van der Waals surface area contributed by atoms with Crippen molar-refractivity contribution in [1.82, 2.24) is 0 Å². The minimum absolute atomic E-state index is 0.203. The lowest BCUT2D eigenvalue weighted by Crippen LogP contribution is -2.26. The van der Waals surface area contributed by atoms with Gasteiger partial charge in [-0.25, -0.2) is 0 Å². The van der Waals surface area contributed by atoms with E-state index in [9.17, 15) is 9.59 Å². The number of ether oxygens (including phenoxy) is 1. The van der Waals surface area contributed by atoms with E-state index in [0.29, 0.717) is 15.8 Å². The van der Waals surface area contributed by atoms with Crippen molar-refractivity contribution in [3.05, 3.63) is 62.1 Å². The van der Waals surface area contributed by atoms with E-state index in [-0.39, 0.29) is 22.0 Å². The molecule has 0 bridgehead atoms. The van der Waals surface area contributed by atoms with E-state index >= 15 is 0 Å². The summed E-state index contributed by atoms with van der Waals surface area (Å²) in [5.74, 6) is -0.477. The molecule has 1 unspecified atom stereocenters. The van der Waals surface area contributed by atoms with Crippen LogP contribution in [-0.2, 0) is 4.79 Å². The number of carbonyl (C=O) groups excluding carboxylic acids is 2. The van der Waals surface area contributed by atoms with Gasteiger partial charge in [-0.1, -0.05) is 46.4 Å². The highest BCUT2D eigenvalue weighted by Gasteiger charge is 2.21. The summed E-state index contributed by atoms with van der Waals surface area (Å²) >= 11 is 23.6. The van der Waals surface area contributed by atoms with E-state index < -0.39 is 17.7 Å². The van der Waals surface area contributed by atoms with Gasteiger partial charge in [-0.05, 0) is 43.3 Å². The van der Waals surface area contributed by atoms with Crippen LogP contribution < -0.4 is 4.74 Å². The lowest BCUT2D eigenvalue weighted by Gasteiger charge is -2.15. The smallest absolute Gasteiger partial charge is 0.180 e. The van der Waals surface area contributed by atoms with Crippen LogP contribution in [0.4, 0.5) is 0 Å². The predicted octanol–water partition coefficient (Wildman–Crippen LogP) is 5.91. The van der Waals surface area contributed by atoms with Crippen molar-refractivity contribution >= 4 is 58.0 Å². The number of rotatable bonds is 6. The quantitative estimate of drug-likeness (QED) is 0.443. The number of benzene rings is 2. The van der Waals surface area contributed by atoms with Crippen LogP contribution in [0.25, 0.3) is 0 Å². The predicted molar refractivity (Wildman–Crippen MR) is 97.0 cm³/mol. The normalized spacial score (nSPS) is 11.9. The van der Waals surface area contributed by atoms with E-state index in [1.807, 2.05) is 0 Å². The van der Waals surface area contributed by atoms with Crippen molar-refractivity contribution in [3.8, 4) is 5.75 Å². The van der Waals surface area contributed by atoms with Crippen molar-refractivity contribution in [2.45, 2.75) is 19.4 Å². The van der Waals surface area contributed by atoms with Gasteiger partial charge in [-0.2, -0.15) is 0 Å². The number of hydrogen-bond acceptors (Lipinski definition) is 3. The Morgan fingerprint density at radius 1 is 0.958 bits per heavy atom. The molecule has 7 heteroatoms. The standard InChI is InChI=1S/C17H12Cl4O3/c1-9(24-17-5-3-11(19)7-14(17)21)15(22)8-16(23)12-4-2-10(18)6-13(12)20/h2-7,9H,8H2,1H3. The van der Waals surface area contributed by atoms with Gasteiger partial charge in [0.25, 0.3) is 0 Å². The molecule has 2 rings (SSSR count). The Bertz CT molecular complexity index is 789. The first-order valence-electron chi connectivity index (χ1n) is 6.90. The molecule has 0 aliphatic rings. The average molecular weight is 406 g/mol. The van der Waals surface area contributed by atoms with Gasteiger partial charge in [0.1, 0.15) is 5.75 Å². The molecule has 24 heavy (non-hydrogen) atoms. The van der Waals surface area contributed by atoms with Crippen LogP contribution in [0.5, 0.6) is 5.75 Å². The zero-order valence-corrected chi connectivity index (χ0v) is 15.5. The third-order valence-corrected chi connectivity index (χ3v) is 4.30. The first-order valence-corrected chi connectivity index (χ1v) is 8.42. The second-order valence-corrected chi connectivity index (χ2v) is 6.71. The molecule has 0 spiro atoms. The van der Waals surface area contributed by atoms with Crippen LogP contribution in [0, 0.1) is 0 Å². The Morgan fingerprint density at radius 3 is 2.12 bits per heavy atom. The Balaban J connectivity index is 2.04. The minimum atomic E-state index is -0.848. The number of carbonyl (C=O) groups is 2. The zero-order chi connectivity index (χ0) is 17.9. The molecule has 3 nitrogen and oxygen atoms in total. The topological polar surface area (TPSA) is 43.4 Å². The van der Waals surface area contributed by atoms with Crippen LogP contribution in [0.2, 0.25) is 20.1 Å². The number of Topliss-reactive ketones (excluding diaryl/α,β-unsaturated/α-hetero) is 2. The van der Waals surface area contributed by atoms with Crippen molar-refractivity contribution in [1.29, 1.82) is 0 Å². The van der Waals surface area contributed by atoms with Crippen molar-refractivity contribution in [2.75, 3.05) is 0 Å². The Morgan fingerprint density at radius 2 is 1.54 bits per heavy atom. The number of ketones is 2. The SMILES string of the molecule is CC(Oc1ccc(Cl)cc1Cl)C(=O)CC(=O)c1ccc(Cl)cc1Cl. The van der Waals surface area contributed by atoms with Crippen LogP contribution in [-0.4, -0.2) is 17.7 Å². The highest BCUT2D eigenvalue weighted by Crippen LogP contribution is 2.29. The van der Waals surface area contributed by atoms with Crippen molar-refractivity contribution in [2.24, 2.45) is 0 Å². The van der Waals surface area contributed by atoms with Gasteiger partial charge in [0, 0.05) is 15.6 Å². The molecular formula is C17H12Cl4O3. The molecule has 1 atom stereocenters. The monoisotopic (exact) mass is 404 g/mol. The summed E-state index contributed by atoms with van der Waals surface area (Å²) < 4.78 is 5.50. The van der Waals surface area contributed by atoms with E-state index in [4.69, 9.17) is 51.1 Å². The van der Waals surface area contributed by atoms with Crippen molar-refractivity contribution in [3.63, 3.8) is 0 Å². The second kappa shape index (κ2) is 8.21. The van der Waals surface area contributed by atoms with E-state index in [1.54, 1.807) is 25.1 Å². The molecule has 0 saturated heterocycles. The molecule has 0 fully saturated rings. The van der Waals surface area contributed by atoms with Gasteiger partial charge >= 0.3 is 0 Å². The third-order valence-electron chi connectivity index (χ3n) is 3.22. The summed E-state index contributed by atoms with van der Waals surface area (Å²) in [6, 6.07) is 9.15. The van der Waals surface area contributed by atoms with Crippen molar-refractivity contribution < 1.29 is 14.3 Å². The molecule has 0 amide bonds. The highest BCUT2D eigenvalue weighted by atomic mass is 35.5. The highest BCUT2D eigenvalue weighted by molar-refractivity contribution is 6.37. The largest absolute Gasteiger partial charge is 0.481 e. The molecule has 0 aromatic heterocycles. The Hall–Kier alpha value is -1.26. The van der Waals surface area contributed by atoms with Crippen LogP contribution in [0.15, 0.2) is 36.4 Å². The van der Waals surface area contributed by atoms with Gasteiger partial charge < -0.3 is 4.74 Å². The van der Waals surface area contributed by atoms with Gasteiger partial charge in [-0.3, -0.25) is 9.59 Å². The third kappa shape index (κ3) is 4.87. The second-order valence-electron chi connectivity index (χ2n) is 5.03. The van der Waals surface area contributed by atoms with Crippen LogP contribution in [0.3, 0.4) is 0 Å². The van der Waals surface area contributed by atoms with E-state index in [1.165, 1.54) is 18.2 Å².